The number of benzene rings is 2. The minimum absolute atomic E-state index is 0.00531. The van der Waals surface area contributed by atoms with Crippen molar-refractivity contribution in [3.63, 3.8) is 0 Å². The Bertz CT molecular complexity index is 1190. The summed E-state index contributed by atoms with van der Waals surface area (Å²) in [5.41, 5.74) is -0.721. The molecule has 1 fully saturated rings. The van der Waals surface area contributed by atoms with Crippen LogP contribution in [0.2, 0.25) is 0 Å². The maximum absolute atomic E-state index is 12.8. The van der Waals surface area contributed by atoms with Crippen LogP contribution in [0, 0.1) is 20.2 Å². The van der Waals surface area contributed by atoms with Crippen molar-refractivity contribution in [2.24, 2.45) is 0 Å². The first-order valence-electron chi connectivity index (χ1n) is 9.61. The highest BCUT2D eigenvalue weighted by molar-refractivity contribution is 6.46. The lowest BCUT2D eigenvalue weighted by atomic mass is 9.95. The highest BCUT2D eigenvalue weighted by atomic mass is 16.6. The lowest BCUT2D eigenvalue weighted by molar-refractivity contribution is -0.385. The van der Waals surface area contributed by atoms with Gasteiger partial charge in [-0.05, 0) is 24.1 Å². The van der Waals surface area contributed by atoms with Crippen LogP contribution in [0.15, 0.2) is 54.1 Å². The molecule has 0 spiro atoms. The summed E-state index contributed by atoms with van der Waals surface area (Å²) >= 11 is 0. The molecule has 12 nitrogen and oxygen atoms in total. The van der Waals surface area contributed by atoms with Gasteiger partial charge in [0, 0.05) is 42.8 Å². The molecule has 0 bridgehead atoms. The number of carbonyl (C=O) groups excluding carboxylic acids is 2. The standard InChI is InChI=1S/C21H17N3O9/c25-16(26)5-2-10-22-18(13-3-1-4-15(11-13)24(32)33)17(20(28)21(22)29)19(27)12-6-8-14(9-7-12)23(30)31/h1,3-4,6-9,11,18,27H,2,5,10H2,(H,25,26)/b19-17+/t18-/m0/s1. The predicted octanol–water partition coefficient (Wildman–Crippen LogP) is 2.79. The Kier molecular flexibility index (Phi) is 6.47. The quantitative estimate of drug-likeness (QED) is 0.199. The molecule has 2 aromatic carbocycles. The fraction of sp³-hybridized carbons (Fsp3) is 0.190. The number of ketones is 1. The molecule has 0 saturated carbocycles. The average molecular weight is 455 g/mol. The maximum Gasteiger partial charge on any atom is 0.303 e. The third-order valence-corrected chi connectivity index (χ3v) is 5.08. The van der Waals surface area contributed by atoms with E-state index in [4.69, 9.17) is 5.11 Å². The molecule has 170 valence electrons. The van der Waals surface area contributed by atoms with Crippen LogP contribution >= 0.6 is 0 Å². The number of hydrogen-bond acceptors (Lipinski definition) is 8. The van der Waals surface area contributed by atoms with E-state index in [1.807, 2.05) is 0 Å². The van der Waals surface area contributed by atoms with Crippen LogP contribution in [0.5, 0.6) is 0 Å². The molecule has 1 atom stereocenters. The maximum atomic E-state index is 12.8. The van der Waals surface area contributed by atoms with Gasteiger partial charge in [0.15, 0.2) is 0 Å². The van der Waals surface area contributed by atoms with E-state index in [0.29, 0.717) is 0 Å². The summed E-state index contributed by atoms with van der Waals surface area (Å²) in [7, 11) is 0. The molecule has 0 radical (unpaired) electrons. The van der Waals surface area contributed by atoms with Crippen molar-refractivity contribution in [2.75, 3.05) is 6.54 Å². The van der Waals surface area contributed by atoms with Crippen LogP contribution in [-0.2, 0) is 14.4 Å². The van der Waals surface area contributed by atoms with E-state index in [-0.39, 0.29) is 47.5 Å². The molecular weight excluding hydrogens is 438 g/mol. The number of likely N-dealkylation sites (tertiary alicyclic amines) is 1. The molecule has 1 amide bonds. The van der Waals surface area contributed by atoms with Gasteiger partial charge in [-0.2, -0.15) is 0 Å². The number of carbonyl (C=O) groups is 3. The van der Waals surface area contributed by atoms with Gasteiger partial charge in [-0.1, -0.05) is 12.1 Å². The minimum Gasteiger partial charge on any atom is -0.507 e. The van der Waals surface area contributed by atoms with E-state index in [2.05, 4.69) is 0 Å². The van der Waals surface area contributed by atoms with Crippen molar-refractivity contribution in [1.29, 1.82) is 0 Å². The van der Waals surface area contributed by atoms with Crippen LogP contribution in [0.4, 0.5) is 11.4 Å². The van der Waals surface area contributed by atoms with Crippen molar-refractivity contribution < 1.29 is 34.4 Å². The number of nitro benzene ring substituents is 2. The van der Waals surface area contributed by atoms with Gasteiger partial charge in [0.25, 0.3) is 23.1 Å². The first-order chi connectivity index (χ1) is 15.6. The second-order valence-electron chi connectivity index (χ2n) is 7.15. The molecule has 12 heteroatoms. The zero-order valence-corrected chi connectivity index (χ0v) is 16.9. The zero-order chi connectivity index (χ0) is 24.3. The van der Waals surface area contributed by atoms with E-state index in [9.17, 15) is 39.7 Å². The van der Waals surface area contributed by atoms with Crippen molar-refractivity contribution in [1.82, 2.24) is 4.90 Å². The molecule has 0 aliphatic carbocycles. The first-order valence-corrected chi connectivity index (χ1v) is 9.61. The lowest BCUT2D eigenvalue weighted by Gasteiger charge is -2.25. The van der Waals surface area contributed by atoms with Gasteiger partial charge in [-0.25, -0.2) is 0 Å². The predicted molar refractivity (Wildman–Crippen MR) is 112 cm³/mol. The zero-order valence-electron chi connectivity index (χ0n) is 16.9. The molecule has 0 unspecified atom stereocenters. The van der Waals surface area contributed by atoms with Gasteiger partial charge >= 0.3 is 5.97 Å². The number of hydrogen-bond donors (Lipinski definition) is 2. The number of nitro groups is 2. The highest BCUT2D eigenvalue weighted by Crippen LogP contribution is 2.40. The van der Waals surface area contributed by atoms with Gasteiger partial charge in [0.2, 0.25) is 0 Å². The molecule has 33 heavy (non-hydrogen) atoms. The van der Waals surface area contributed by atoms with Gasteiger partial charge in [0.05, 0.1) is 21.5 Å². The molecule has 3 rings (SSSR count). The van der Waals surface area contributed by atoms with Crippen molar-refractivity contribution in [2.45, 2.75) is 18.9 Å². The van der Waals surface area contributed by atoms with Crippen molar-refractivity contribution in [3.8, 4) is 0 Å². The monoisotopic (exact) mass is 455 g/mol. The summed E-state index contributed by atoms with van der Waals surface area (Å²) in [4.78, 5) is 58.3. The Morgan fingerprint density at radius 1 is 0.970 bits per heavy atom. The van der Waals surface area contributed by atoms with E-state index in [1.165, 1.54) is 30.3 Å². The summed E-state index contributed by atoms with van der Waals surface area (Å²) in [5.74, 6) is -3.78. The molecular formula is C21H17N3O9. The SMILES string of the molecule is O=C(O)CCCN1C(=O)C(=O)/C(=C(/O)c2ccc([N+](=O)[O-])cc2)[C@@H]1c1cccc([N+](=O)[O-])c1. The number of aliphatic carboxylic acids is 1. The number of rotatable bonds is 8. The Morgan fingerprint density at radius 2 is 1.61 bits per heavy atom. The number of non-ortho nitro benzene ring substituents is 2. The van der Waals surface area contributed by atoms with E-state index in [1.54, 1.807) is 0 Å². The Balaban J connectivity index is 2.13. The third kappa shape index (κ3) is 4.69. The second kappa shape index (κ2) is 9.26. The summed E-state index contributed by atoms with van der Waals surface area (Å²) < 4.78 is 0. The van der Waals surface area contributed by atoms with Crippen LogP contribution in [0.25, 0.3) is 5.76 Å². The summed E-state index contributed by atoms with van der Waals surface area (Å²) in [6, 6.07) is 8.59. The van der Waals surface area contributed by atoms with Crippen LogP contribution in [-0.4, -0.2) is 49.2 Å². The molecule has 1 aliphatic rings. The minimum atomic E-state index is -1.21. The Hall–Kier alpha value is -4.61. The van der Waals surface area contributed by atoms with E-state index in [0.717, 1.165) is 23.1 Å². The summed E-state index contributed by atoms with van der Waals surface area (Å²) in [6.45, 7) is -0.152. The highest BCUT2D eigenvalue weighted by Gasteiger charge is 2.46. The number of amides is 1. The topological polar surface area (TPSA) is 181 Å². The average Bonchev–Trinajstić information content (AvgIpc) is 3.03. The van der Waals surface area contributed by atoms with Crippen molar-refractivity contribution in [3.05, 3.63) is 85.5 Å². The van der Waals surface area contributed by atoms with Crippen molar-refractivity contribution >= 4 is 34.8 Å². The number of carboxylic acids is 1. The lowest BCUT2D eigenvalue weighted by Crippen LogP contribution is -2.31. The number of aliphatic hydroxyl groups excluding tert-OH is 1. The molecule has 1 saturated heterocycles. The Morgan fingerprint density at radius 3 is 2.18 bits per heavy atom. The first kappa shape index (κ1) is 23.1. The van der Waals surface area contributed by atoms with Crippen LogP contribution in [0.3, 0.4) is 0 Å². The molecule has 2 N–H and O–H groups in total. The van der Waals surface area contributed by atoms with Crippen LogP contribution in [0.1, 0.15) is 30.0 Å². The molecule has 2 aromatic rings. The number of nitrogens with zero attached hydrogens (tertiary/aromatic N) is 3. The van der Waals surface area contributed by atoms with Gasteiger partial charge in [-0.15, -0.1) is 0 Å². The summed E-state index contributed by atoms with van der Waals surface area (Å²) in [6.07, 6.45) is -0.279. The second-order valence-corrected chi connectivity index (χ2v) is 7.15. The smallest absolute Gasteiger partial charge is 0.303 e. The number of Topliss-reactive ketones (excluding diaryl/α,β-unsaturated/α-hetero) is 1. The van der Waals surface area contributed by atoms with Gasteiger partial charge in [0.1, 0.15) is 5.76 Å². The fourth-order valence-electron chi connectivity index (χ4n) is 3.56. The third-order valence-electron chi connectivity index (χ3n) is 5.08. The molecule has 1 aliphatic heterocycles. The van der Waals surface area contributed by atoms with Gasteiger partial charge < -0.3 is 15.1 Å². The molecule has 0 aromatic heterocycles. The normalized spacial score (nSPS) is 17.2. The van der Waals surface area contributed by atoms with E-state index < -0.39 is 39.3 Å². The van der Waals surface area contributed by atoms with E-state index >= 15 is 0 Å². The molecule has 1 heterocycles. The summed E-state index contributed by atoms with van der Waals surface area (Å²) in [5, 5.41) is 41.9. The van der Waals surface area contributed by atoms with Crippen LogP contribution < -0.4 is 0 Å². The number of aliphatic hydroxyl groups is 1. The fourth-order valence-corrected chi connectivity index (χ4v) is 3.56. The van der Waals surface area contributed by atoms with Gasteiger partial charge in [-0.3, -0.25) is 34.6 Å². The Labute approximate surface area is 185 Å². The number of carboxylic acid groups (broad SMARTS) is 1. The largest absolute Gasteiger partial charge is 0.507 e.